The van der Waals surface area contributed by atoms with E-state index >= 15 is 0 Å². The van der Waals surface area contributed by atoms with Crippen molar-refractivity contribution < 1.29 is 9.53 Å². The molecule has 0 fully saturated rings. The quantitative estimate of drug-likeness (QED) is 0.844. The Kier molecular flexibility index (Phi) is 5.16. The average Bonchev–Trinajstić information content (AvgIpc) is 2.90. The molecule has 6 nitrogen and oxygen atoms in total. The van der Waals surface area contributed by atoms with Crippen molar-refractivity contribution in [2.45, 2.75) is 25.4 Å². The summed E-state index contributed by atoms with van der Waals surface area (Å²) in [4.78, 5) is 16.5. The number of nitrogens with two attached hydrogens (primary N) is 1. The molecule has 2 aromatic rings. The van der Waals surface area contributed by atoms with Gasteiger partial charge in [0.25, 0.3) is 0 Å². The largest absolute Gasteiger partial charge is 0.497 e. The Labute approximate surface area is 130 Å². The Bertz CT molecular complexity index is 619. The van der Waals surface area contributed by atoms with Crippen LogP contribution >= 0.6 is 0 Å². The third-order valence-electron chi connectivity index (χ3n) is 3.38. The minimum atomic E-state index is -0.322. The summed E-state index contributed by atoms with van der Waals surface area (Å²) in [5.41, 5.74) is 6.63. The summed E-state index contributed by atoms with van der Waals surface area (Å²) in [6.45, 7) is 1.81. The van der Waals surface area contributed by atoms with E-state index in [1.54, 1.807) is 13.3 Å². The van der Waals surface area contributed by atoms with Gasteiger partial charge >= 0.3 is 0 Å². The summed E-state index contributed by atoms with van der Waals surface area (Å²) in [5.74, 6) is 1.44. The van der Waals surface area contributed by atoms with Crippen molar-refractivity contribution in [1.82, 2.24) is 14.9 Å². The topological polar surface area (TPSA) is 82.2 Å². The fourth-order valence-corrected chi connectivity index (χ4v) is 2.26. The van der Waals surface area contributed by atoms with Gasteiger partial charge in [0.2, 0.25) is 5.91 Å². The number of nitrogens with one attached hydrogen (secondary N) is 1. The first-order valence-electron chi connectivity index (χ1n) is 7.17. The lowest BCUT2D eigenvalue weighted by Gasteiger charge is -2.20. The van der Waals surface area contributed by atoms with Gasteiger partial charge in [-0.3, -0.25) is 4.79 Å². The van der Waals surface area contributed by atoms with Crippen LogP contribution in [0.4, 0.5) is 0 Å². The molecule has 2 rings (SSSR count). The van der Waals surface area contributed by atoms with Crippen LogP contribution in [0.25, 0.3) is 0 Å². The molecule has 0 bridgehead atoms. The second-order valence-electron chi connectivity index (χ2n) is 5.35. The predicted octanol–water partition coefficient (Wildman–Crippen LogP) is 1.37. The van der Waals surface area contributed by atoms with Gasteiger partial charge in [-0.1, -0.05) is 12.1 Å². The number of hydrogen-bond acceptors (Lipinski definition) is 4. The van der Waals surface area contributed by atoms with E-state index in [1.165, 1.54) is 0 Å². The number of hydrogen-bond donors (Lipinski definition) is 2. The summed E-state index contributed by atoms with van der Waals surface area (Å²) in [6.07, 6.45) is 3.84. The molecule has 1 amide bonds. The Hall–Kier alpha value is -2.34. The van der Waals surface area contributed by atoms with Crippen molar-refractivity contribution in [3.8, 4) is 5.75 Å². The normalized spacial score (nSPS) is 13.5. The first-order valence-corrected chi connectivity index (χ1v) is 7.17. The molecule has 1 aromatic heterocycles. The maximum absolute atomic E-state index is 12.1. The number of methoxy groups -OCH3 is 1. The molecule has 118 valence electrons. The molecule has 2 unspecified atom stereocenters. The van der Waals surface area contributed by atoms with Crippen molar-refractivity contribution in [1.29, 1.82) is 0 Å². The number of benzene rings is 1. The molecule has 0 aliphatic heterocycles. The third-order valence-corrected chi connectivity index (χ3v) is 3.38. The summed E-state index contributed by atoms with van der Waals surface area (Å²) in [6, 6.07) is 7.07. The molecule has 0 saturated carbocycles. The minimum absolute atomic E-state index is 0.0983. The molecule has 0 saturated heterocycles. The van der Waals surface area contributed by atoms with Gasteiger partial charge in [0.15, 0.2) is 0 Å². The van der Waals surface area contributed by atoms with Gasteiger partial charge in [-0.15, -0.1) is 0 Å². The number of carbonyl (C=O) groups excluding carboxylic acids is 1. The van der Waals surface area contributed by atoms with Crippen molar-refractivity contribution in [2.75, 3.05) is 7.11 Å². The van der Waals surface area contributed by atoms with Gasteiger partial charge in [-0.25, -0.2) is 4.98 Å². The zero-order valence-corrected chi connectivity index (χ0v) is 13.1. The van der Waals surface area contributed by atoms with Gasteiger partial charge in [0.05, 0.1) is 7.11 Å². The van der Waals surface area contributed by atoms with E-state index in [9.17, 15) is 4.79 Å². The first kappa shape index (κ1) is 16.0. The highest BCUT2D eigenvalue weighted by molar-refractivity contribution is 5.77. The van der Waals surface area contributed by atoms with Crippen LogP contribution in [0.1, 0.15) is 30.8 Å². The number of rotatable bonds is 6. The summed E-state index contributed by atoms with van der Waals surface area (Å²) >= 11 is 0. The van der Waals surface area contributed by atoms with E-state index in [0.29, 0.717) is 0 Å². The Morgan fingerprint density at radius 3 is 2.59 bits per heavy atom. The van der Waals surface area contributed by atoms with Crippen molar-refractivity contribution in [3.05, 3.63) is 48.0 Å². The molecule has 0 aliphatic carbocycles. The van der Waals surface area contributed by atoms with E-state index in [4.69, 9.17) is 10.5 Å². The zero-order chi connectivity index (χ0) is 16.1. The summed E-state index contributed by atoms with van der Waals surface area (Å²) in [7, 11) is 3.52. The van der Waals surface area contributed by atoms with Gasteiger partial charge < -0.3 is 20.4 Å². The number of aromatic nitrogens is 2. The van der Waals surface area contributed by atoms with E-state index in [-0.39, 0.29) is 24.4 Å². The smallest absolute Gasteiger partial charge is 0.222 e. The number of carbonyl (C=O) groups is 1. The highest BCUT2D eigenvalue weighted by atomic mass is 16.5. The first-order chi connectivity index (χ1) is 10.5. The Balaban J connectivity index is 2.28. The molecular formula is C16H22N4O2. The van der Waals surface area contributed by atoms with Gasteiger partial charge in [0, 0.05) is 31.9 Å². The molecule has 22 heavy (non-hydrogen) atoms. The molecule has 3 N–H and O–H groups in total. The maximum atomic E-state index is 12.1. The van der Waals surface area contributed by atoms with Crippen LogP contribution in [0.15, 0.2) is 36.7 Å². The minimum Gasteiger partial charge on any atom is -0.497 e. The molecule has 6 heteroatoms. The number of amides is 1. The molecule has 2 atom stereocenters. The second kappa shape index (κ2) is 7.09. The maximum Gasteiger partial charge on any atom is 0.222 e. The standard InChI is InChI=1S/C16H22N4O2/c1-11(17)10-14(21)19-15(16-18-8-9-20(16)2)12-4-6-13(22-3)7-5-12/h4-9,11,15H,10,17H2,1-3H3,(H,19,21). The third kappa shape index (κ3) is 3.85. The number of aryl methyl sites for hydroxylation is 1. The van der Waals surface area contributed by atoms with Crippen LogP contribution in [0.5, 0.6) is 5.75 Å². The van der Waals surface area contributed by atoms with Crippen molar-refractivity contribution >= 4 is 5.91 Å². The predicted molar refractivity (Wildman–Crippen MR) is 84.5 cm³/mol. The highest BCUT2D eigenvalue weighted by Gasteiger charge is 2.21. The van der Waals surface area contributed by atoms with Crippen LogP contribution in [-0.4, -0.2) is 28.6 Å². The molecule has 1 heterocycles. The molecule has 1 aromatic carbocycles. The fourth-order valence-electron chi connectivity index (χ4n) is 2.26. The fraction of sp³-hybridized carbons (Fsp3) is 0.375. The molecule has 0 spiro atoms. The SMILES string of the molecule is COc1ccc(C(NC(=O)CC(C)N)c2nccn2C)cc1. The number of nitrogens with zero attached hydrogens (tertiary/aromatic N) is 2. The summed E-state index contributed by atoms with van der Waals surface area (Å²) in [5, 5.41) is 3.00. The Morgan fingerprint density at radius 2 is 2.09 bits per heavy atom. The van der Waals surface area contributed by atoms with Crippen molar-refractivity contribution in [3.63, 3.8) is 0 Å². The van der Waals surface area contributed by atoms with Crippen LogP contribution in [0, 0.1) is 0 Å². The second-order valence-corrected chi connectivity index (χ2v) is 5.35. The van der Waals surface area contributed by atoms with E-state index in [1.807, 2.05) is 49.0 Å². The Morgan fingerprint density at radius 1 is 1.41 bits per heavy atom. The van der Waals surface area contributed by atoms with Crippen LogP contribution in [0.3, 0.4) is 0 Å². The average molecular weight is 302 g/mol. The molecular weight excluding hydrogens is 280 g/mol. The lowest BCUT2D eigenvalue weighted by atomic mass is 10.1. The van der Waals surface area contributed by atoms with Gasteiger partial charge in [-0.05, 0) is 24.6 Å². The molecule has 0 aliphatic rings. The van der Waals surface area contributed by atoms with Crippen LogP contribution in [-0.2, 0) is 11.8 Å². The van der Waals surface area contributed by atoms with Crippen molar-refractivity contribution in [2.24, 2.45) is 12.8 Å². The van der Waals surface area contributed by atoms with Gasteiger partial charge in [-0.2, -0.15) is 0 Å². The van der Waals surface area contributed by atoms with Crippen LogP contribution in [0.2, 0.25) is 0 Å². The van der Waals surface area contributed by atoms with E-state index in [2.05, 4.69) is 10.3 Å². The van der Waals surface area contributed by atoms with Gasteiger partial charge in [0.1, 0.15) is 17.6 Å². The lowest BCUT2D eigenvalue weighted by Crippen LogP contribution is -2.34. The lowest BCUT2D eigenvalue weighted by molar-refractivity contribution is -0.121. The zero-order valence-electron chi connectivity index (χ0n) is 13.1. The highest BCUT2D eigenvalue weighted by Crippen LogP contribution is 2.23. The number of imidazole rings is 1. The van der Waals surface area contributed by atoms with Crippen LogP contribution < -0.4 is 15.8 Å². The summed E-state index contributed by atoms with van der Waals surface area (Å²) < 4.78 is 7.06. The van der Waals surface area contributed by atoms with E-state index in [0.717, 1.165) is 17.1 Å². The molecule has 0 radical (unpaired) electrons. The monoisotopic (exact) mass is 302 g/mol. The number of ether oxygens (including phenoxy) is 1. The van der Waals surface area contributed by atoms with E-state index < -0.39 is 0 Å².